The molecule has 0 rings (SSSR count). The predicted octanol–water partition coefficient (Wildman–Crippen LogP) is 2.09. The monoisotopic (exact) mass is 230 g/mol. The summed E-state index contributed by atoms with van der Waals surface area (Å²) < 4.78 is 5.23. The Balaban J connectivity index is 3.70. The van der Waals surface area contributed by atoms with Crippen molar-refractivity contribution in [2.45, 2.75) is 26.7 Å². The average molecular weight is 230 g/mol. The van der Waals surface area contributed by atoms with Crippen molar-refractivity contribution >= 4 is 23.5 Å². The van der Waals surface area contributed by atoms with Gasteiger partial charge in [-0.05, 0) is 19.6 Å². The Morgan fingerprint density at radius 2 is 2.20 bits per heavy atom. The molecule has 15 heavy (non-hydrogen) atoms. The second-order valence-corrected chi connectivity index (χ2v) is 4.20. The number of Topliss-reactive ketones (excluding diaryl/α,β-unsaturated/α-hetero) is 1. The molecule has 0 fully saturated rings. The van der Waals surface area contributed by atoms with Gasteiger partial charge in [-0.1, -0.05) is 6.92 Å². The molecule has 0 aliphatic carbocycles. The molecular weight excluding hydrogens is 212 g/mol. The van der Waals surface area contributed by atoms with Gasteiger partial charge < -0.3 is 4.74 Å². The number of carbonyl (C=O) groups excluding carboxylic acids is 2. The lowest BCUT2D eigenvalue weighted by Crippen LogP contribution is -2.13. The largest absolute Gasteiger partial charge is 0.371 e. The Morgan fingerprint density at radius 3 is 2.73 bits per heavy atom. The highest BCUT2D eigenvalue weighted by molar-refractivity contribution is 7.98. The van der Waals surface area contributed by atoms with Crippen molar-refractivity contribution in [2.75, 3.05) is 18.8 Å². The van der Waals surface area contributed by atoms with Gasteiger partial charge in [0.05, 0.1) is 5.94 Å². The third-order valence-electron chi connectivity index (χ3n) is 2.21. The van der Waals surface area contributed by atoms with Gasteiger partial charge in [0, 0.05) is 24.5 Å². The highest BCUT2D eigenvalue weighted by Gasteiger charge is 2.14. The van der Waals surface area contributed by atoms with E-state index >= 15 is 0 Å². The van der Waals surface area contributed by atoms with Gasteiger partial charge >= 0.3 is 0 Å². The van der Waals surface area contributed by atoms with Gasteiger partial charge in [-0.3, -0.25) is 4.79 Å². The topological polar surface area (TPSA) is 43.4 Å². The van der Waals surface area contributed by atoms with Crippen molar-refractivity contribution in [1.82, 2.24) is 0 Å². The Morgan fingerprint density at radius 1 is 1.53 bits per heavy atom. The van der Waals surface area contributed by atoms with E-state index in [-0.39, 0.29) is 11.7 Å². The van der Waals surface area contributed by atoms with E-state index in [4.69, 9.17) is 4.74 Å². The number of ether oxygens (including phenoxy) is 1. The molecule has 0 saturated heterocycles. The van der Waals surface area contributed by atoms with Gasteiger partial charge in [-0.15, -0.1) is 11.8 Å². The number of ketones is 1. The highest BCUT2D eigenvalue weighted by atomic mass is 32.2. The molecule has 0 heterocycles. The third kappa shape index (κ3) is 6.50. The molecule has 0 radical (unpaired) electrons. The SMILES string of the molecule is CSCOCCCC(=O)C(C)C(C)=C=O. The van der Waals surface area contributed by atoms with Gasteiger partial charge in [0.15, 0.2) is 0 Å². The first-order valence-electron chi connectivity index (χ1n) is 4.94. The average Bonchev–Trinajstić information content (AvgIpc) is 2.26. The molecule has 0 aliphatic heterocycles. The van der Waals surface area contributed by atoms with Crippen molar-refractivity contribution < 1.29 is 14.3 Å². The smallest absolute Gasteiger partial charge is 0.140 e. The van der Waals surface area contributed by atoms with Crippen LogP contribution >= 0.6 is 11.8 Å². The van der Waals surface area contributed by atoms with Gasteiger partial charge in [0.25, 0.3) is 0 Å². The van der Waals surface area contributed by atoms with E-state index in [9.17, 15) is 9.59 Å². The van der Waals surface area contributed by atoms with Crippen molar-refractivity contribution in [3.8, 4) is 0 Å². The molecule has 4 heteroatoms. The summed E-state index contributed by atoms with van der Waals surface area (Å²) in [5, 5.41) is 0. The summed E-state index contributed by atoms with van der Waals surface area (Å²) in [6.45, 7) is 3.98. The molecule has 0 saturated carbocycles. The normalized spacial score (nSPS) is 11.9. The van der Waals surface area contributed by atoms with Crippen LogP contribution in [-0.2, 0) is 14.3 Å². The molecule has 0 amide bonds. The molecule has 86 valence electrons. The van der Waals surface area contributed by atoms with Crippen LogP contribution in [0.1, 0.15) is 26.7 Å². The van der Waals surface area contributed by atoms with Crippen LogP contribution in [0.2, 0.25) is 0 Å². The number of hydrogen-bond acceptors (Lipinski definition) is 4. The fraction of sp³-hybridized carbons (Fsp3) is 0.727. The molecule has 0 aliphatic rings. The van der Waals surface area contributed by atoms with Crippen LogP contribution in [0.3, 0.4) is 0 Å². The number of rotatable bonds is 8. The summed E-state index contributed by atoms with van der Waals surface area (Å²) >= 11 is 1.61. The van der Waals surface area contributed by atoms with Crippen LogP contribution in [0.4, 0.5) is 0 Å². The Kier molecular flexibility index (Phi) is 8.38. The van der Waals surface area contributed by atoms with Crippen LogP contribution in [0.25, 0.3) is 0 Å². The summed E-state index contributed by atoms with van der Waals surface area (Å²) in [4.78, 5) is 21.8. The Bertz CT molecular complexity index is 244. The lowest BCUT2D eigenvalue weighted by atomic mass is 9.96. The van der Waals surface area contributed by atoms with Gasteiger partial charge in [-0.25, -0.2) is 4.79 Å². The van der Waals surface area contributed by atoms with E-state index < -0.39 is 0 Å². The summed E-state index contributed by atoms with van der Waals surface area (Å²) in [5.74, 6) is 2.22. The van der Waals surface area contributed by atoms with Crippen molar-refractivity contribution in [1.29, 1.82) is 0 Å². The first-order chi connectivity index (χ1) is 7.13. The fourth-order valence-corrected chi connectivity index (χ4v) is 1.32. The molecule has 0 aromatic rings. The zero-order chi connectivity index (χ0) is 11.7. The molecule has 0 bridgehead atoms. The molecule has 1 atom stereocenters. The number of hydrogen-bond donors (Lipinski definition) is 0. The minimum Gasteiger partial charge on any atom is -0.371 e. The predicted molar refractivity (Wildman–Crippen MR) is 62.6 cm³/mol. The molecule has 0 aromatic carbocycles. The minimum atomic E-state index is -0.303. The van der Waals surface area contributed by atoms with Crippen LogP contribution in [-0.4, -0.2) is 30.5 Å². The van der Waals surface area contributed by atoms with Crippen LogP contribution in [0.15, 0.2) is 5.57 Å². The lowest BCUT2D eigenvalue weighted by Gasteiger charge is -2.07. The van der Waals surface area contributed by atoms with Crippen LogP contribution in [0.5, 0.6) is 0 Å². The number of allylic oxidation sites excluding steroid dienone is 1. The second kappa shape index (κ2) is 8.72. The highest BCUT2D eigenvalue weighted by Crippen LogP contribution is 2.11. The first kappa shape index (κ1) is 14.4. The van der Waals surface area contributed by atoms with Gasteiger partial charge in [-0.2, -0.15) is 0 Å². The fourth-order valence-electron chi connectivity index (χ4n) is 1.04. The maximum atomic E-state index is 11.5. The van der Waals surface area contributed by atoms with E-state index in [1.54, 1.807) is 31.6 Å². The molecule has 0 N–H and O–H groups in total. The maximum Gasteiger partial charge on any atom is 0.140 e. The summed E-state index contributed by atoms with van der Waals surface area (Å²) in [6.07, 6.45) is 3.15. The summed E-state index contributed by atoms with van der Waals surface area (Å²) in [6, 6.07) is 0. The van der Waals surface area contributed by atoms with E-state index in [0.717, 1.165) is 6.42 Å². The van der Waals surface area contributed by atoms with Crippen LogP contribution in [0, 0.1) is 5.92 Å². The number of carbonyl (C=O) groups is 1. The standard InChI is InChI=1S/C11H18O3S/c1-9(7-12)10(2)11(13)5-4-6-14-8-15-3/h10H,4-6,8H2,1-3H3. The minimum absolute atomic E-state index is 0.0867. The summed E-state index contributed by atoms with van der Waals surface area (Å²) in [5.41, 5.74) is 0.477. The first-order valence-corrected chi connectivity index (χ1v) is 6.33. The third-order valence-corrected chi connectivity index (χ3v) is 2.61. The molecule has 1 unspecified atom stereocenters. The van der Waals surface area contributed by atoms with Crippen molar-refractivity contribution in [3.63, 3.8) is 0 Å². The van der Waals surface area contributed by atoms with Crippen molar-refractivity contribution in [2.24, 2.45) is 5.92 Å². The number of thioether (sulfide) groups is 1. The quantitative estimate of drug-likeness (QED) is 0.364. The maximum absolute atomic E-state index is 11.5. The summed E-state index contributed by atoms with van der Waals surface area (Å²) in [7, 11) is 0. The van der Waals surface area contributed by atoms with E-state index in [1.807, 2.05) is 6.26 Å². The van der Waals surface area contributed by atoms with E-state index in [0.29, 0.717) is 24.5 Å². The molecule has 3 nitrogen and oxygen atoms in total. The lowest BCUT2D eigenvalue weighted by molar-refractivity contribution is -0.121. The second-order valence-electron chi connectivity index (χ2n) is 3.39. The van der Waals surface area contributed by atoms with E-state index in [1.165, 1.54) is 0 Å². The zero-order valence-electron chi connectivity index (χ0n) is 9.54. The molecular formula is C11H18O3S. The van der Waals surface area contributed by atoms with Crippen LogP contribution < -0.4 is 0 Å². The molecule has 0 aromatic heterocycles. The Labute approximate surface area is 95.3 Å². The Hall–Kier alpha value is -0.570. The van der Waals surface area contributed by atoms with Crippen molar-refractivity contribution in [3.05, 3.63) is 5.57 Å². The zero-order valence-corrected chi connectivity index (χ0v) is 10.4. The molecule has 0 spiro atoms. The van der Waals surface area contributed by atoms with E-state index in [2.05, 4.69) is 0 Å². The van der Waals surface area contributed by atoms with Gasteiger partial charge in [0.1, 0.15) is 11.7 Å². The van der Waals surface area contributed by atoms with Gasteiger partial charge in [0.2, 0.25) is 0 Å².